The second-order valence-electron chi connectivity index (χ2n) is 9.31. The SMILES string of the molecule is COc1ccc(-n2cccc2C2C(c3ccccn3)NC(=S)N2c2ccc(NC(=O)C(C)C)c(Cl)c2)cc1. The van der Waals surface area contributed by atoms with Crippen LogP contribution in [0.5, 0.6) is 5.75 Å². The van der Waals surface area contributed by atoms with Gasteiger partial charge in [-0.05, 0) is 78.9 Å². The first-order chi connectivity index (χ1) is 18.4. The number of benzene rings is 2. The van der Waals surface area contributed by atoms with E-state index in [0.717, 1.165) is 28.5 Å². The summed E-state index contributed by atoms with van der Waals surface area (Å²) in [7, 11) is 1.65. The standard InChI is InChI=1S/C29H28ClN5O2S/c1-18(2)28(36)32-23-14-11-20(17-22(23)30)35-27(26(33-29(35)38)24-7-4-5-15-31-24)25-8-6-16-34(25)19-9-12-21(37-3)13-10-19/h4-18,26-27H,1-3H3,(H,32,36)(H,33,38). The maximum absolute atomic E-state index is 12.2. The summed E-state index contributed by atoms with van der Waals surface area (Å²) in [5.41, 5.74) is 4.25. The Balaban J connectivity index is 1.59. The molecule has 0 bridgehead atoms. The molecule has 2 aromatic carbocycles. The number of nitrogens with one attached hydrogen (secondary N) is 2. The summed E-state index contributed by atoms with van der Waals surface area (Å²) in [5.74, 6) is 0.539. The molecule has 1 saturated heterocycles. The summed E-state index contributed by atoms with van der Waals surface area (Å²) in [6.07, 6.45) is 3.81. The van der Waals surface area contributed by atoms with E-state index in [1.165, 1.54) is 0 Å². The number of amides is 1. The number of ether oxygens (including phenoxy) is 1. The molecule has 2 aromatic heterocycles. The van der Waals surface area contributed by atoms with E-state index in [1.807, 2.05) is 86.8 Å². The number of carbonyl (C=O) groups is 1. The number of rotatable bonds is 7. The minimum Gasteiger partial charge on any atom is -0.497 e. The number of halogens is 1. The smallest absolute Gasteiger partial charge is 0.226 e. The van der Waals surface area contributed by atoms with Crippen LogP contribution in [0.15, 0.2) is 85.2 Å². The lowest BCUT2D eigenvalue weighted by Gasteiger charge is -2.29. The second kappa shape index (κ2) is 10.8. The van der Waals surface area contributed by atoms with Gasteiger partial charge in [-0.15, -0.1) is 0 Å². The largest absolute Gasteiger partial charge is 0.497 e. The van der Waals surface area contributed by atoms with Crippen LogP contribution in [0, 0.1) is 5.92 Å². The minimum absolute atomic E-state index is 0.0941. The van der Waals surface area contributed by atoms with E-state index in [2.05, 4.69) is 31.2 Å². The number of methoxy groups -OCH3 is 1. The van der Waals surface area contributed by atoms with E-state index in [1.54, 1.807) is 13.3 Å². The van der Waals surface area contributed by atoms with Crippen molar-refractivity contribution in [3.05, 3.63) is 102 Å². The van der Waals surface area contributed by atoms with Crippen LogP contribution in [0.25, 0.3) is 5.69 Å². The van der Waals surface area contributed by atoms with Gasteiger partial charge in [0.1, 0.15) is 11.8 Å². The highest BCUT2D eigenvalue weighted by Gasteiger charge is 2.42. The molecular weight excluding hydrogens is 518 g/mol. The molecule has 2 unspecified atom stereocenters. The van der Waals surface area contributed by atoms with Crippen LogP contribution in [-0.4, -0.2) is 27.7 Å². The number of aromatic nitrogens is 2. The number of carbonyl (C=O) groups excluding carboxylic acids is 1. The molecule has 4 aromatic rings. The summed E-state index contributed by atoms with van der Waals surface area (Å²) in [5, 5.41) is 7.37. The van der Waals surface area contributed by atoms with Gasteiger partial charge >= 0.3 is 0 Å². The fourth-order valence-electron chi connectivity index (χ4n) is 4.58. The van der Waals surface area contributed by atoms with Gasteiger partial charge in [0.15, 0.2) is 5.11 Å². The normalized spacial score (nSPS) is 17.0. The van der Waals surface area contributed by atoms with Crippen LogP contribution < -0.4 is 20.3 Å². The molecule has 0 spiro atoms. The molecule has 1 fully saturated rings. The first kappa shape index (κ1) is 25.8. The number of anilines is 2. The van der Waals surface area contributed by atoms with Gasteiger partial charge in [0.2, 0.25) is 5.91 Å². The zero-order valence-corrected chi connectivity index (χ0v) is 22.8. The Bertz CT molecular complexity index is 1460. The van der Waals surface area contributed by atoms with E-state index in [0.29, 0.717) is 15.8 Å². The zero-order chi connectivity index (χ0) is 26.8. The van der Waals surface area contributed by atoms with Gasteiger partial charge < -0.3 is 24.8 Å². The second-order valence-corrected chi connectivity index (χ2v) is 10.1. The summed E-state index contributed by atoms with van der Waals surface area (Å²) in [4.78, 5) is 18.9. The Kier molecular flexibility index (Phi) is 7.35. The van der Waals surface area contributed by atoms with Crippen LogP contribution >= 0.6 is 23.8 Å². The van der Waals surface area contributed by atoms with Crippen molar-refractivity contribution in [3.8, 4) is 11.4 Å². The van der Waals surface area contributed by atoms with Crippen molar-refractivity contribution in [3.63, 3.8) is 0 Å². The molecule has 0 radical (unpaired) electrons. The predicted molar refractivity (Wildman–Crippen MR) is 155 cm³/mol. The van der Waals surface area contributed by atoms with Crippen LogP contribution in [0.2, 0.25) is 5.02 Å². The zero-order valence-electron chi connectivity index (χ0n) is 21.3. The topological polar surface area (TPSA) is 71.4 Å². The number of hydrogen-bond donors (Lipinski definition) is 2. The molecule has 194 valence electrons. The van der Waals surface area contributed by atoms with E-state index < -0.39 is 0 Å². The number of thiocarbonyl (C=S) groups is 1. The Morgan fingerprint density at radius 2 is 1.84 bits per heavy atom. The fourth-order valence-corrected chi connectivity index (χ4v) is 5.15. The van der Waals surface area contributed by atoms with Gasteiger partial charge in [-0.3, -0.25) is 9.78 Å². The third-order valence-corrected chi connectivity index (χ3v) is 7.17. The molecular formula is C29H28ClN5O2S. The van der Waals surface area contributed by atoms with Crippen LogP contribution in [0.1, 0.15) is 37.3 Å². The lowest BCUT2D eigenvalue weighted by molar-refractivity contribution is -0.118. The Morgan fingerprint density at radius 3 is 2.50 bits per heavy atom. The maximum atomic E-state index is 12.2. The van der Waals surface area contributed by atoms with Crippen LogP contribution in [-0.2, 0) is 4.79 Å². The molecule has 1 aliphatic heterocycles. The molecule has 2 atom stereocenters. The molecule has 3 heterocycles. The molecule has 1 amide bonds. The Morgan fingerprint density at radius 1 is 1.08 bits per heavy atom. The summed E-state index contributed by atoms with van der Waals surface area (Å²) >= 11 is 12.5. The van der Waals surface area contributed by atoms with E-state index in [-0.39, 0.29) is 23.9 Å². The van der Waals surface area contributed by atoms with Crippen molar-refractivity contribution in [2.75, 3.05) is 17.3 Å². The molecule has 38 heavy (non-hydrogen) atoms. The molecule has 1 aliphatic rings. The first-order valence-corrected chi connectivity index (χ1v) is 13.1. The van der Waals surface area contributed by atoms with Crippen molar-refractivity contribution < 1.29 is 9.53 Å². The number of pyridine rings is 1. The van der Waals surface area contributed by atoms with Crippen molar-refractivity contribution in [2.45, 2.75) is 25.9 Å². The lowest BCUT2D eigenvalue weighted by atomic mass is 10.0. The molecule has 2 N–H and O–H groups in total. The fraction of sp³-hybridized carbons (Fsp3) is 0.207. The van der Waals surface area contributed by atoms with Gasteiger partial charge in [0.05, 0.1) is 29.6 Å². The quantitative estimate of drug-likeness (QED) is 0.265. The molecule has 5 rings (SSSR count). The Labute approximate surface area is 232 Å². The van der Waals surface area contributed by atoms with Crippen molar-refractivity contribution in [1.29, 1.82) is 0 Å². The van der Waals surface area contributed by atoms with Crippen molar-refractivity contribution in [2.24, 2.45) is 5.92 Å². The lowest BCUT2D eigenvalue weighted by Crippen LogP contribution is -2.30. The molecule has 7 nitrogen and oxygen atoms in total. The molecule has 0 aliphatic carbocycles. The van der Waals surface area contributed by atoms with E-state index in [9.17, 15) is 4.79 Å². The van der Waals surface area contributed by atoms with Gasteiger partial charge in [0, 0.05) is 35.4 Å². The highest BCUT2D eigenvalue weighted by atomic mass is 35.5. The average Bonchev–Trinajstić information content (AvgIpc) is 3.54. The Hall–Kier alpha value is -3.88. The molecule has 9 heteroatoms. The number of nitrogens with zero attached hydrogens (tertiary/aromatic N) is 3. The monoisotopic (exact) mass is 545 g/mol. The third-order valence-electron chi connectivity index (χ3n) is 6.55. The summed E-state index contributed by atoms with van der Waals surface area (Å²) in [6.45, 7) is 3.68. The maximum Gasteiger partial charge on any atom is 0.226 e. The minimum atomic E-state index is -0.235. The van der Waals surface area contributed by atoms with Crippen LogP contribution in [0.3, 0.4) is 0 Å². The van der Waals surface area contributed by atoms with Gasteiger partial charge in [-0.2, -0.15) is 0 Å². The van der Waals surface area contributed by atoms with Crippen LogP contribution in [0.4, 0.5) is 11.4 Å². The van der Waals surface area contributed by atoms with Gasteiger partial charge in [0.25, 0.3) is 0 Å². The van der Waals surface area contributed by atoms with Crippen molar-refractivity contribution in [1.82, 2.24) is 14.9 Å². The van der Waals surface area contributed by atoms with Gasteiger partial charge in [-0.25, -0.2) is 0 Å². The first-order valence-electron chi connectivity index (χ1n) is 12.3. The van der Waals surface area contributed by atoms with E-state index in [4.69, 9.17) is 28.6 Å². The van der Waals surface area contributed by atoms with E-state index >= 15 is 0 Å². The van der Waals surface area contributed by atoms with Crippen molar-refractivity contribution >= 4 is 46.2 Å². The number of hydrogen-bond acceptors (Lipinski definition) is 4. The highest BCUT2D eigenvalue weighted by Crippen LogP contribution is 2.43. The predicted octanol–water partition coefficient (Wildman–Crippen LogP) is 6.31. The summed E-state index contributed by atoms with van der Waals surface area (Å²) < 4.78 is 7.49. The third kappa shape index (κ3) is 4.97. The van der Waals surface area contributed by atoms with Gasteiger partial charge in [-0.1, -0.05) is 31.5 Å². The average molecular weight is 546 g/mol. The summed E-state index contributed by atoms with van der Waals surface area (Å²) in [6, 6.07) is 23.0. The highest BCUT2D eigenvalue weighted by molar-refractivity contribution is 7.80. The molecule has 0 saturated carbocycles.